The van der Waals surface area contributed by atoms with E-state index < -0.39 is 4.92 Å². The molecule has 4 aromatic rings. The van der Waals surface area contributed by atoms with Gasteiger partial charge in [-0.3, -0.25) is 10.1 Å². The zero-order valence-electron chi connectivity index (χ0n) is 14.4. The number of nitrogen functional groups attached to an aromatic ring is 5. The van der Waals surface area contributed by atoms with Crippen molar-refractivity contribution in [3.8, 4) is 0 Å². The Morgan fingerprint density at radius 1 is 0.714 bits per heavy atom. The molecular weight excluding hydrogens is 364 g/mol. The van der Waals surface area contributed by atoms with Gasteiger partial charge in [-0.2, -0.15) is 9.97 Å². The average Bonchev–Trinajstić information content (AvgIpc) is 2.62. The quantitative estimate of drug-likeness (QED) is 0.178. The highest BCUT2D eigenvalue weighted by Crippen LogP contribution is 2.23. The molecule has 0 saturated carbocycles. The molecule has 0 bridgehead atoms. The van der Waals surface area contributed by atoms with E-state index in [1.54, 1.807) is 18.2 Å². The largest absolute Gasteiger partial charge is 0.399 e. The molecule has 4 rings (SSSR count). The van der Waals surface area contributed by atoms with Crippen LogP contribution in [0, 0.1) is 10.1 Å². The SMILES string of the molecule is Nc1ccc2nc(N)nc(N)c2c1.Nc1nc(N)c2cc([N+](=O)[O-])ccc2n1. The summed E-state index contributed by atoms with van der Waals surface area (Å²) < 4.78 is 0. The van der Waals surface area contributed by atoms with Gasteiger partial charge in [-0.05, 0) is 24.3 Å². The number of hydrogen-bond donors (Lipinski definition) is 5. The first kappa shape index (κ1) is 18.3. The topological polar surface area (TPSA) is 225 Å². The second-order valence-electron chi connectivity index (χ2n) is 5.67. The number of non-ortho nitro benzene ring substituents is 1. The normalized spacial score (nSPS) is 10.4. The third kappa shape index (κ3) is 3.70. The van der Waals surface area contributed by atoms with Crippen LogP contribution in [-0.2, 0) is 0 Å². The summed E-state index contributed by atoms with van der Waals surface area (Å²) in [5.41, 5.74) is 29.4. The Labute approximate surface area is 157 Å². The summed E-state index contributed by atoms with van der Waals surface area (Å²) in [6.07, 6.45) is 0. The molecule has 10 N–H and O–H groups in total. The van der Waals surface area contributed by atoms with Crippen molar-refractivity contribution in [2.24, 2.45) is 0 Å². The molecule has 28 heavy (non-hydrogen) atoms. The van der Waals surface area contributed by atoms with Crippen molar-refractivity contribution >= 4 is 56.7 Å². The van der Waals surface area contributed by atoms with Gasteiger partial charge in [0.05, 0.1) is 16.0 Å². The number of nitrogens with zero attached hydrogens (tertiary/aromatic N) is 5. The number of nitro groups is 1. The Hall–Kier alpha value is -4.48. The Morgan fingerprint density at radius 2 is 1.21 bits per heavy atom. The fourth-order valence-corrected chi connectivity index (χ4v) is 2.46. The zero-order valence-corrected chi connectivity index (χ0v) is 14.4. The second kappa shape index (κ2) is 7.03. The molecule has 0 amide bonds. The van der Waals surface area contributed by atoms with Gasteiger partial charge >= 0.3 is 0 Å². The van der Waals surface area contributed by atoms with Gasteiger partial charge in [0, 0.05) is 28.6 Å². The monoisotopic (exact) mass is 380 g/mol. The van der Waals surface area contributed by atoms with E-state index in [0.29, 0.717) is 27.9 Å². The molecule has 142 valence electrons. The maximum atomic E-state index is 10.5. The minimum atomic E-state index is -0.505. The molecule has 0 atom stereocenters. The number of aromatic nitrogens is 4. The first-order valence-electron chi connectivity index (χ1n) is 7.80. The van der Waals surface area contributed by atoms with Gasteiger partial charge in [0.15, 0.2) is 0 Å². The highest BCUT2D eigenvalue weighted by molar-refractivity contribution is 5.91. The predicted molar refractivity (Wildman–Crippen MR) is 108 cm³/mol. The first-order valence-corrected chi connectivity index (χ1v) is 7.80. The van der Waals surface area contributed by atoms with Gasteiger partial charge < -0.3 is 28.7 Å². The maximum absolute atomic E-state index is 10.5. The Balaban J connectivity index is 0.000000162. The molecule has 2 aromatic heterocycles. The van der Waals surface area contributed by atoms with E-state index in [1.807, 2.05) is 0 Å². The summed E-state index contributed by atoms with van der Waals surface area (Å²) in [7, 11) is 0. The number of nitro benzene ring substituents is 1. The molecule has 0 saturated heterocycles. The molecule has 0 fully saturated rings. The molecule has 0 unspecified atom stereocenters. The van der Waals surface area contributed by atoms with Crippen molar-refractivity contribution in [1.29, 1.82) is 0 Å². The molecule has 0 aliphatic rings. The number of hydrogen-bond acceptors (Lipinski definition) is 11. The summed E-state index contributed by atoms with van der Waals surface area (Å²) in [5, 5.41) is 11.7. The van der Waals surface area contributed by atoms with E-state index in [4.69, 9.17) is 28.7 Å². The smallest absolute Gasteiger partial charge is 0.270 e. The second-order valence-corrected chi connectivity index (χ2v) is 5.67. The molecule has 12 nitrogen and oxygen atoms in total. The van der Waals surface area contributed by atoms with Crippen molar-refractivity contribution in [3.05, 3.63) is 46.5 Å². The van der Waals surface area contributed by atoms with Crippen LogP contribution in [0.25, 0.3) is 21.8 Å². The molecule has 0 radical (unpaired) electrons. The minimum absolute atomic E-state index is 0.0499. The van der Waals surface area contributed by atoms with Gasteiger partial charge in [0.1, 0.15) is 11.6 Å². The van der Waals surface area contributed by atoms with Crippen LogP contribution in [0.4, 0.5) is 34.9 Å². The van der Waals surface area contributed by atoms with E-state index >= 15 is 0 Å². The fourth-order valence-electron chi connectivity index (χ4n) is 2.46. The number of nitrogens with two attached hydrogens (primary N) is 5. The third-order valence-corrected chi connectivity index (χ3v) is 3.70. The molecule has 0 spiro atoms. The average molecular weight is 380 g/mol. The van der Waals surface area contributed by atoms with Gasteiger partial charge in [-0.1, -0.05) is 0 Å². The van der Waals surface area contributed by atoms with Gasteiger partial charge in [-0.15, -0.1) is 0 Å². The molecular formula is C16H16N10O2. The van der Waals surface area contributed by atoms with Gasteiger partial charge in [-0.25, -0.2) is 9.97 Å². The summed E-state index contributed by atoms with van der Waals surface area (Å²) in [6.45, 7) is 0. The van der Waals surface area contributed by atoms with Crippen molar-refractivity contribution in [3.63, 3.8) is 0 Å². The number of anilines is 5. The highest BCUT2D eigenvalue weighted by atomic mass is 16.6. The van der Waals surface area contributed by atoms with Crippen molar-refractivity contribution in [1.82, 2.24) is 19.9 Å². The van der Waals surface area contributed by atoms with Crippen LogP contribution in [0.1, 0.15) is 0 Å². The van der Waals surface area contributed by atoms with Crippen molar-refractivity contribution in [2.75, 3.05) is 28.7 Å². The Morgan fingerprint density at radius 3 is 1.75 bits per heavy atom. The lowest BCUT2D eigenvalue weighted by Crippen LogP contribution is -2.00. The van der Waals surface area contributed by atoms with Gasteiger partial charge in [0.25, 0.3) is 5.69 Å². The van der Waals surface area contributed by atoms with Crippen LogP contribution < -0.4 is 28.7 Å². The fraction of sp³-hybridized carbons (Fsp3) is 0. The summed E-state index contributed by atoms with van der Waals surface area (Å²) in [4.78, 5) is 25.5. The van der Waals surface area contributed by atoms with E-state index in [2.05, 4.69) is 19.9 Å². The van der Waals surface area contributed by atoms with Crippen molar-refractivity contribution in [2.45, 2.75) is 0 Å². The summed E-state index contributed by atoms with van der Waals surface area (Å²) >= 11 is 0. The van der Waals surface area contributed by atoms with Crippen molar-refractivity contribution < 1.29 is 4.92 Å². The van der Waals surface area contributed by atoms with Crippen LogP contribution in [0.2, 0.25) is 0 Å². The first-order chi connectivity index (χ1) is 13.2. The number of fused-ring (bicyclic) bond motifs is 2. The van der Waals surface area contributed by atoms with Crippen LogP contribution in [-0.4, -0.2) is 24.9 Å². The standard InChI is InChI=1S/C8H7N5O2.C8H9N5/c9-7-5-3-4(13(14)15)1-2-6(5)11-8(10)12-7;9-4-1-2-6-5(3-4)7(10)13-8(11)12-6/h1-3H,(H4,9,10,11,12);1-3H,9H2,(H4,10,11,12,13). The highest BCUT2D eigenvalue weighted by Gasteiger charge is 2.10. The van der Waals surface area contributed by atoms with Gasteiger partial charge in [0.2, 0.25) is 11.9 Å². The molecule has 2 heterocycles. The molecule has 2 aromatic carbocycles. The van der Waals surface area contributed by atoms with E-state index in [9.17, 15) is 10.1 Å². The van der Waals surface area contributed by atoms with E-state index in [-0.39, 0.29) is 23.4 Å². The molecule has 12 heteroatoms. The lowest BCUT2D eigenvalue weighted by atomic mass is 10.2. The predicted octanol–water partition coefficient (Wildman–Crippen LogP) is 1.08. The van der Waals surface area contributed by atoms with Crippen LogP contribution in [0.3, 0.4) is 0 Å². The molecule has 0 aliphatic heterocycles. The van der Waals surface area contributed by atoms with Crippen LogP contribution in [0.15, 0.2) is 36.4 Å². The Kier molecular flexibility index (Phi) is 4.60. The van der Waals surface area contributed by atoms with Crippen LogP contribution in [0.5, 0.6) is 0 Å². The van der Waals surface area contributed by atoms with E-state index in [1.165, 1.54) is 18.2 Å². The number of rotatable bonds is 1. The summed E-state index contributed by atoms with van der Waals surface area (Å²) in [5.74, 6) is 0.722. The number of benzene rings is 2. The lowest BCUT2D eigenvalue weighted by molar-refractivity contribution is -0.384. The zero-order chi connectivity index (χ0) is 20.4. The Bertz CT molecular complexity index is 1210. The third-order valence-electron chi connectivity index (χ3n) is 3.70. The lowest BCUT2D eigenvalue weighted by Gasteiger charge is -2.02. The maximum Gasteiger partial charge on any atom is 0.270 e. The van der Waals surface area contributed by atoms with E-state index in [0.717, 1.165) is 5.39 Å². The van der Waals surface area contributed by atoms with Crippen LogP contribution >= 0.6 is 0 Å². The summed E-state index contributed by atoms with van der Waals surface area (Å²) in [6, 6.07) is 9.39. The minimum Gasteiger partial charge on any atom is -0.399 e. The molecule has 0 aliphatic carbocycles.